The first-order valence-electron chi connectivity index (χ1n) is 8.15. The van der Waals surface area contributed by atoms with Crippen LogP contribution in [0.1, 0.15) is 30.4 Å². The van der Waals surface area contributed by atoms with Crippen LogP contribution in [0.2, 0.25) is 0 Å². The molecule has 0 spiro atoms. The van der Waals surface area contributed by atoms with Crippen molar-refractivity contribution in [2.45, 2.75) is 25.7 Å². The van der Waals surface area contributed by atoms with Crippen molar-refractivity contribution < 1.29 is 4.74 Å². The van der Waals surface area contributed by atoms with Crippen molar-refractivity contribution in [1.29, 1.82) is 0 Å². The van der Waals surface area contributed by atoms with Gasteiger partial charge in [0.1, 0.15) is 5.75 Å². The largest absolute Gasteiger partial charge is 0.494 e. The summed E-state index contributed by atoms with van der Waals surface area (Å²) in [6.45, 7) is 3.48. The highest BCUT2D eigenvalue weighted by atomic mass is 16.5. The van der Waals surface area contributed by atoms with Gasteiger partial charge in [0.2, 0.25) is 0 Å². The molecular weight excluding hydrogens is 288 g/mol. The molecule has 3 N–H and O–H groups in total. The number of nitrogens with two attached hydrogens (primary N) is 1. The lowest BCUT2D eigenvalue weighted by molar-refractivity contribution is 0.317. The molecule has 0 radical (unpaired) electrons. The monoisotopic (exact) mass is 311 g/mol. The van der Waals surface area contributed by atoms with Gasteiger partial charge >= 0.3 is 0 Å². The molecule has 1 aromatic heterocycles. The van der Waals surface area contributed by atoms with Gasteiger partial charge in [0.05, 0.1) is 24.0 Å². The van der Waals surface area contributed by atoms with Gasteiger partial charge in [0, 0.05) is 5.92 Å². The molecule has 120 valence electrons. The van der Waals surface area contributed by atoms with Crippen LogP contribution >= 0.6 is 0 Å². The molecular formula is C19H23N3O. The van der Waals surface area contributed by atoms with Gasteiger partial charge < -0.3 is 15.5 Å². The maximum absolute atomic E-state index is 6.01. The first-order chi connectivity index (χ1) is 11.3. The van der Waals surface area contributed by atoms with Crippen LogP contribution in [0.3, 0.4) is 0 Å². The lowest BCUT2D eigenvalue weighted by Gasteiger charge is -2.16. The number of hydrogen-bond acceptors (Lipinski definition) is 3. The van der Waals surface area contributed by atoms with Gasteiger partial charge in [-0.1, -0.05) is 25.1 Å². The normalized spacial score (nSPS) is 12.4. The Labute approximate surface area is 136 Å². The zero-order valence-corrected chi connectivity index (χ0v) is 13.5. The second kappa shape index (κ2) is 7.29. The van der Waals surface area contributed by atoms with Gasteiger partial charge in [0.25, 0.3) is 0 Å². The summed E-state index contributed by atoms with van der Waals surface area (Å²) in [6.07, 6.45) is 3.66. The molecule has 4 nitrogen and oxygen atoms in total. The van der Waals surface area contributed by atoms with Crippen molar-refractivity contribution in [1.82, 2.24) is 9.97 Å². The number of H-pyrrole nitrogens is 1. The van der Waals surface area contributed by atoms with Crippen molar-refractivity contribution in [3.8, 4) is 5.75 Å². The fraction of sp³-hybridized carbons (Fsp3) is 0.316. The van der Waals surface area contributed by atoms with Crippen LogP contribution in [0.25, 0.3) is 11.0 Å². The Balaban J connectivity index is 1.73. The van der Waals surface area contributed by atoms with Crippen LogP contribution in [0.5, 0.6) is 5.75 Å². The van der Waals surface area contributed by atoms with E-state index in [0.717, 1.165) is 36.2 Å². The number of aromatic amines is 1. The molecule has 0 aliphatic heterocycles. The van der Waals surface area contributed by atoms with Crippen LogP contribution < -0.4 is 10.5 Å². The molecule has 0 bridgehead atoms. The molecule has 0 aliphatic carbocycles. The van der Waals surface area contributed by atoms with E-state index in [-0.39, 0.29) is 0 Å². The van der Waals surface area contributed by atoms with E-state index in [1.807, 2.05) is 12.1 Å². The van der Waals surface area contributed by atoms with E-state index in [4.69, 9.17) is 10.5 Å². The molecule has 0 fully saturated rings. The Morgan fingerprint density at radius 1 is 1.22 bits per heavy atom. The molecule has 1 atom stereocenters. The second-order valence-corrected chi connectivity index (χ2v) is 5.81. The number of hydrogen-bond donors (Lipinski definition) is 2. The molecule has 3 aromatic rings. The summed E-state index contributed by atoms with van der Waals surface area (Å²) in [7, 11) is 0. The summed E-state index contributed by atoms with van der Waals surface area (Å²) >= 11 is 0. The molecule has 1 unspecified atom stereocenters. The number of benzene rings is 2. The third kappa shape index (κ3) is 3.71. The average Bonchev–Trinajstić information content (AvgIpc) is 3.06. The van der Waals surface area contributed by atoms with Crippen molar-refractivity contribution in [3.63, 3.8) is 0 Å². The van der Waals surface area contributed by atoms with Gasteiger partial charge in [-0.25, -0.2) is 4.98 Å². The minimum Gasteiger partial charge on any atom is -0.494 e. The SMILES string of the molecule is CCCOc1ccc(C(CN)Cc2ccc3n[14cH][nH]c3c2)cc1. The number of nitrogens with zero attached hydrogens (tertiary/aromatic N) is 1. The number of nitrogens with one attached hydrogen (secondary N) is 1. The van der Waals surface area contributed by atoms with Crippen molar-refractivity contribution in [3.05, 3.63) is 59.9 Å². The average molecular weight is 311 g/mol. The topological polar surface area (TPSA) is 63.9 Å². The van der Waals surface area contributed by atoms with Crippen molar-refractivity contribution >= 4 is 11.0 Å². The Kier molecular flexibility index (Phi) is 4.93. The van der Waals surface area contributed by atoms with Gasteiger partial charge in [0.15, 0.2) is 0 Å². The predicted octanol–water partition coefficient (Wildman–Crippen LogP) is 3.64. The first kappa shape index (κ1) is 15.6. The number of rotatable bonds is 7. The molecule has 23 heavy (non-hydrogen) atoms. The quantitative estimate of drug-likeness (QED) is 0.700. The fourth-order valence-corrected chi connectivity index (χ4v) is 2.79. The number of ether oxygens (including phenoxy) is 1. The number of aromatic nitrogens is 2. The van der Waals surface area contributed by atoms with Crippen LogP contribution in [0.15, 0.2) is 48.8 Å². The minimum atomic E-state index is 0.301. The van der Waals surface area contributed by atoms with E-state index in [2.05, 4.69) is 47.2 Å². The predicted molar refractivity (Wildman–Crippen MR) is 93.8 cm³/mol. The maximum Gasteiger partial charge on any atom is 0.119 e. The lowest BCUT2D eigenvalue weighted by Crippen LogP contribution is -2.15. The highest BCUT2D eigenvalue weighted by Crippen LogP contribution is 2.24. The zero-order chi connectivity index (χ0) is 16.1. The third-order valence-electron chi connectivity index (χ3n) is 4.08. The Bertz CT molecular complexity index is 749. The van der Waals surface area contributed by atoms with E-state index in [1.54, 1.807) is 6.33 Å². The van der Waals surface area contributed by atoms with Gasteiger partial charge in [-0.2, -0.15) is 0 Å². The zero-order valence-electron chi connectivity index (χ0n) is 13.5. The smallest absolute Gasteiger partial charge is 0.119 e. The van der Waals surface area contributed by atoms with Gasteiger partial charge in [-0.3, -0.25) is 0 Å². The summed E-state index contributed by atoms with van der Waals surface area (Å²) in [5, 5.41) is 0. The molecule has 0 saturated carbocycles. The summed E-state index contributed by atoms with van der Waals surface area (Å²) in [5.41, 5.74) is 10.6. The number of fused-ring (bicyclic) bond motifs is 1. The van der Waals surface area contributed by atoms with Crippen LogP contribution in [-0.2, 0) is 6.42 Å². The fourth-order valence-electron chi connectivity index (χ4n) is 2.79. The lowest BCUT2D eigenvalue weighted by atomic mass is 9.92. The maximum atomic E-state index is 6.01. The summed E-state index contributed by atoms with van der Waals surface area (Å²) in [6, 6.07) is 14.6. The number of imidazole rings is 1. The van der Waals surface area contributed by atoms with E-state index in [0.29, 0.717) is 12.5 Å². The summed E-state index contributed by atoms with van der Waals surface area (Å²) < 4.78 is 5.64. The van der Waals surface area contributed by atoms with Crippen molar-refractivity contribution in [2.24, 2.45) is 5.73 Å². The Morgan fingerprint density at radius 2 is 2.04 bits per heavy atom. The summed E-state index contributed by atoms with van der Waals surface area (Å²) in [5.74, 6) is 1.22. The third-order valence-corrected chi connectivity index (χ3v) is 4.08. The van der Waals surface area contributed by atoms with Crippen LogP contribution in [-0.4, -0.2) is 23.1 Å². The second-order valence-electron chi connectivity index (χ2n) is 5.81. The van der Waals surface area contributed by atoms with E-state index in [9.17, 15) is 0 Å². The molecule has 0 amide bonds. The first-order valence-corrected chi connectivity index (χ1v) is 8.15. The van der Waals surface area contributed by atoms with E-state index < -0.39 is 0 Å². The van der Waals surface area contributed by atoms with Crippen LogP contribution in [0.4, 0.5) is 0 Å². The highest BCUT2D eigenvalue weighted by Gasteiger charge is 2.11. The highest BCUT2D eigenvalue weighted by molar-refractivity contribution is 5.75. The van der Waals surface area contributed by atoms with E-state index in [1.165, 1.54) is 11.1 Å². The van der Waals surface area contributed by atoms with Crippen LogP contribution in [0, 0.1) is 0 Å². The Morgan fingerprint density at radius 3 is 2.78 bits per heavy atom. The Hall–Kier alpha value is -2.33. The van der Waals surface area contributed by atoms with Gasteiger partial charge in [-0.15, -0.1) is 0 Å². The molecule has 1 heterocycles. The van der Waals surface area contributed by atoms with Gasteiger partial charge in [-0.05, 0) is 54.8 Å². The molecule has 4 heteroatoms. The molecule has 2 aromatic carbocycles. The minimum absolute atomic E-state index is 0.301. The van der Waals surface area contributed by atoms with Crippen molar-refractivity contribution in [2.75, 3.05) is 13.2 Å². The standard InChI is InChI=1S/C19H23N3O/c1-2-9-23-17-6-4-15(5-7-17)16(12-20)10-14-3-8-18-19(11-14)22-13-21-18/h3-8,11,13,16H,2,9-10,12,20H2,1H3,(H,21,22)/i13+2. The van der Waals surface area contributed by atoms with E-state index >= 15 is 0 Å². The molecule has 0 aliphatic rings. The molecule has 0 saturated heterocycles. The molecule has 3 rings (SSSR count). The summed E-state index contributed by atoms with van der Waals surface area (Å²) in [4.78, 5) is 7.42.